The van der Waals surface area contributed by atoms with E-state index in [1.54, 1.807) is 18.6 Å². The van der Waals surface area contributed by atoms with Gasteiger partial charge in [0.15, 0.2) is 0 Å². The van der Waals surface area contributed by atoms with Crippen molar-refractivity contribution in [2.45, 2.75) is 19.5 Å². The standard InChI is InChI=1S/C17H23FN2O/c1-13(10-20(3)11-14-8-9-21-12-14)17(19-2)15-6-4-5-7-16(15)18/h4-9,12-13,17,19H,10-11H2,1-3H3. The largest absolute Gasteiger partial charge is 0.472 e. The number of furan rings is 1. The van der Waals surface area contributed by atoms with E-state index in [4.69, 9.17) is 4.42 Å². The number of rotatable bonds is 7. The van der Waals surface area contributed by atoms with Crippen molar-refractivity contribution in [1.29, 1.82) is 0 Å². The van der Waals surface area contributed by atoms with E-state index in [1.807, 2.05) is 25.2 Å². The lowest BCUT2D eigenvalue weighted by Crippen LogP contribution is -2.33. The van der Waals surface area contributed by atoms with Crippen molar-refractivity contribution in [3.05, 3.63) is 59.8 Å². The van der Waals surface area contributed by atoms with Crippen molar-refractivity contribution in [2.75, 3.05) is 20.6 Å². The first-order valence-electron chi connectivity index (χ1n) is 7.23. The molecule has 2 aromatic rings. The van der Waals surface area contributed by atoms with Crippen LogP contribution >= 0.6 is 0 Å². The zero-order valence-electron chi connectivity index (χ0n) is 12.8. The van der Waals surface area contributed by atoms with E-state index in [0.29, 0.717) is 0 Å². The van der Waals surface area contributed by atoms with Crippen LogP contribution in [0.4, 0.5) is 4.39 Å². The van der Waals surface area contributed by atoms with Crippen molar-refractivity contribution < 1.29 is 8.81 Å². The average Bonchev–Trinajstić information content (AvgIpc) is 2.94. The summed E-state index contributed by atoms with van der Waals surface area (Å²) in [6.45, 7) is 3.83. The molecule has 1 aromatic carbocycles. The van der Waals surface area contributed by atoms with Crippen LogP contribution in [0.1, 0.15) is 24.1 Å². The number of nitrogens with one attached hydrogen (secondary N) is 1. The molecule has 1 N–H and O–H groups in total. The fourth-order valence-corrected chi connectivity index (χ4v) is 2.83. The minimum Gasteiger partial charge on any atom is -0.472 e. The van der Waals surface area contributed by atoms with Gasteiger partial charge in [0.2, 0.25) is 0 Å². The van der Waals surface area contributed by atoms with Gasteiger partial charge in [0.1, 0.15) is 5.82 Å². The average molecular weight is 290 g/mol. The molecule has 2 unspecified atom stereocenters. The molecule has 0 saturated heterocycles. The molecule has 0 spiro atoms. The van der Waals surface area contributed by atoms with Crippen molar-refractivity contribution in [3.63, 3.8) is 0 Å². The van der Waals surface area contributed by atoms with Crippen molar-refractivity contribution in [2.24, 2.45) is 5.92 Å². The highest BCUT2D eigenvalue weighted by Gasteiger charge is 2.21. The molecule has 1 aromatic heterocycles. The topological polar surface area (TPSA) is 28.4 Å². The van der Waals surface area contributed by atoms with E-state index in [9.17, 15) is 4.39 Å². The molecule has 0 amide bonds. The number of halogens is 1. The van der Waals surface area contributed by atoms with Crippen LogP contribution in [0.25, 0.3) is 0 Å². The SMILES string of the molecule is CNC(c1ccccc1F)C(C)CN(C)Cc1ccoc1. The quantitative estimate of drug-likeness (QED) is 0.846. The summed E-state index contributed by atoms with van der Waals surface area (Å²) in [4.78, 5) is 2.22. The van der Waals surface area contributed by atoms with Gasteiger partial charge in [0.25, 0.3) is 0 Å². The Bertz CT molecular complexity index is 541. The molecular weight excluding hydrogens is 267 g/mol. The summed E-state index contributed by atoms with van der Waals surface area (Å²) >= 11 is 0. The molecular formula is C17H23FN2O. The molecule has 2 atom stereocenters. The number of nitrogens with zero attached hydrogens (tertiary/aromatic N) is 1. The molecule has 3 nitrogen and oxygen atoms in total. The lowest BCUT2D eigenvalue weighted by molar-refractivity contribution is 0.243. The van der Waals surface area contributed by atoms with E-state index >= 15 is 0 Å². The highest BCUT2D eigenvalue weighted by atomic mass is 19.1. The third-order valence-corrected chi connectivity index (χ3v) is 3.75. The molecule has 0 fully saturated rings. The van der Waals surface area contributed by atoms with Gasteiger partial charge in [-0.1, -0.05) is 25.1 Å². The van der Waals surface area contributed by atoms with Crippen LogP contribution in [-0.4, -0.2) is 25.5 Å². The predicted molar refractivity (Wildman–Crippen MR) is 82.4 cm³/mol. The van der Waals surface area contributed by atoms with Gasteiger partial charge in [-0.25, -0.2) is 4.39 Å². The van der Waals surface area contributed by atoms with Crippen molar-refractivity contribution in [1.82, 2.24) is 10.2 Å². The lowest BCUT2D eigenvalue weighted by Gasteiger charge is -2.28. The van der Waals surface area contributed by atoms with Crippen LogP contribution in [0, 0.1) is 11.7 Å². The van der Waals surface area contributed by atoms with Crippen LogP contribution in [-0.2, 0) is 6.54 Å². The Balaban J connectivity index is 2.00. The highest BCUT2D eigenvalue weighted by Crippen LogP contribution is 2.24. The second kappa shape index (κ2) is 7.38. The Morgan fingerprint density at radius 3 is 2.67 bits per heavy atom. The van der Waals surface area contributed by atoms with Gasteiger partial charge >= 0.3 is 0 Å². The third-order valence-electron chi connectivity index (χ3n) is 3.75. The van der Waals surface area contributed by atoms with E-state index in [2.05, 4.69) is 24.2 Å². The molecule has 0 aliphatic carbocycles. The molecule has 0 aliphatic heterocycles. The summed E-state index contributed by atoms with van der Waals surface area (Å²) < 4.78 is 19.0. The Morgan fingerprint density at radius 2 is 2.05 bits per heavy atom. The number of hydrogen-bond donors (Lipinski definition) is 1. The van der Waals surface area contributed by atoms with Gasteiger partial charge in [-0.2, -0.15) is 0 Å². The summed E-state index contributed by atoms with van der Waals surface area (Å²) in [6.07, 6.45) is 3.44. The molecule has 0 radical (unpaired) electrons. The number of hydrogen-bond acceptors (Lipinski definition) is 3. The van der Waals surface area contributed by atoms with Crippen molar-refractivity contribution >= 4 is 0 Å². The molecule has 1 heterocycles. The lowest BCUT2D eigenvalue weighted by atomic mass is 9.93. The van der Waals surface area contributed by atoms with E-state index in [1.165, 1.54) is 6.07 Å². The Kier molecular flexibility index (Phi) is 5.53. The maximum absolute atomic E-state index is 14.0. The van der Waals surface area contributed by atoms with Gasteiger partial charge < -0.3 is 14.6 Å². The molecule has 0 bridgehead atoms. The van der Waals surface area contributed by atoms with E-state index in [0.717, 1.165) is 24.2 Å². The zero-order valence-corrected chi connectivity index (χ0v) is 12.8. The first-order valence-corrected chi connectivity index (χ1v) is 7.23. The van der Waals surface area contributed by atoms with Crippen LogP contribution < -0.4 is 5.32 Å². The first-order chi connectivity index (χ1) is 10.1. The summed E-state index contributed by atoms with van der Waals surface area (Å²) in [7, 11) is 3.95. The first kappa shape index (κ1) is 15.7. The normalized spacial score (nSPS) is 14.3. The van der Waals surface area contributed by atoms with Gasteiger partial charge in [0.05, 0.1) is 12.5 Å². The minimum absolute atomic E-state index is 0.00185. The smallest absolute Gasteiger partial charge is 0.127 e. The minimum atomic E-state index is -0.152. The van der Waals surface area contributed by atoms with Gasteiger partial charge in [-0.05, 0) is 32.1 Å². The van der Waals surface area contributed by atoms with Gasteiger partial charge in [0, 0.05) is 30.3 Å². The predicted octanol–water partition coefficient (Wildman–Crippen LogP) is 3.45. The molecule has 21 heavy (non-hydrogen) atoms. The molecule has 2 rings (SSSR count). The van der Waals surface area contributed by atoms with Gasteiger partial charge in [-0.15, -0.1) is 0 Å². The van der Waals surface area contributed by atoms with Crippen molar-refractivity contribution in [3.8, 4) is 0 Å². The Morgan fingerprint density at radius 1 is 1.29 bits per heavy atom. The monoisotopic (exact) mass is 290 g/mol. The fraction of sp³-hybridized carbons (Fsp3) is 0.412. The molecule has 4 heteroatoms. The Labute approximate surface area is 125 Å². The van der Waals surface area contributed by atoms with Gasteiger partial charge in [-0.3, -0.25) is 0 Å². The summed E-state index contributed by atoms with van der Waals surface area (Å²) in [6, 6.07) is 8.93. The second-order valence-electron chi connectivity index (χ2n) is 5.59. The summed E-state index contributed by atoms with van der Waals surface area (Å²) in [5.74, 6) is 0.130. The maximum Gasteiger partial charge on any atom is 0.127 e. The van der Waals surface area contributed by atoms with E-state index in [-0.39, 0.29) is 17.8 Å². The number of benzene rings is 1. The van der Waals surface area contributed by atoms with Crippen LogP contribution in [0.15, 0.2) is 47.3 Å². The van der Waals surface area contributed by atoms with Crippen LogP contribution in [0.5, 0.6) is 0 Å². The third kappa shape index (κ3) is 4.16. The fourth-order valence-electron chi connectivity index (χ4n) is 2.83. The van der Waals surface area contributed by atoms with Crippen LogP contribution in [0.2, 0.25) is 0 Å². The zero-order chi connectivity index (χ0) is 15.2. The molecule has 114 valence electrons. The van der Waals surface area contributed by atoms with Crippen LogP contribution in [0.3, 0.4) is 0 Å². The molecule has 0 aliphatic rings. The molecule has 0 saturated carbocycles. The highest BCUT2D eigenvalue weighted by molar-refractivity contribution is 5.21. The summed E-state index contributed by atoms with van der Waals surface area (Å²) in [5, 5.41) is 3.24. The second-order valence-corrected chi connectivity index (χ2v) is 5.59. The maximum atomic E-state index is 14.0. The summed E-state index contributed by atoms with van der Waals surface area (Å²) in [5.41, 5.74) is 1.88. The van der Waals surface area contributed by atoms with E-state index < -0.39 is 0 Å². The Hall–Kier alpha value is -1.65.